The monoisotopic (exact) mass is 302 g/mol. The molecular weight excluding hydrogens is 296 g/mol. The SMILES string of the molecule is Brc1cccc(-c2noc(-c3cnccn3)n2)c1. The number of rotatable bonds is 2. The van der Waals surface area contributed by atoms with Gasteiger partial charge in [-0.3, -0.25) is 4.98 Å². The fraction of sp³-hybridized carbons (Fsp3) is 0. The molecule has 3 aromatic rings. The van der Waals surface area contributed by atoms with Gasteiger partial charge >= 0.3 is 0 Å². The Labute approximate surface area is 111 Å². The van der Waals surface area contributed by atoms with Gasteiger partial charge in [0.25, 0.3) is 5.89 Å². The molecular formula is C12H7BrN4O. The topological polar surface area (TPSA) is 64.7 Å². The van der Waals surface area contributed by atoms with E-state index < -0.39 is 0 Å². The van der Waals surface area contributed by atoms with E-state index in [1.54, 1.807) is 18.6 Å². The number of halogens is 1. The summed E-state index contributed by atoms with van der Waals surface area (Å²) in [6, 6.07) is 7.69. The summed E-state index contributed by atoms with van der Waals surface area (Å²) in [6.07, 6.45) is 4.76. The normalized spacial score (nSPS) is 10.5. The van der Waals surface area contributed by atoms with Crippen LogP contribution in [0.4, 0.5) is 0 Å². The lowest BCUT2D eigenvalue weighted by molar-refractivity contribution is 0.431. The van der Waals surface area contributed by atoms with E-state index in [0.29, 0.717) is 17.4 Å². The van der Waals surface area contributed by atoms with Gasteiger partial charge in [-0.05, 0) is 12.1 Å². The van der Waals surface area contributed by atoms with Crippen molar-refractivity contribution in [1.82, 2.24) is 20.1 Å². The zero-order valence-corrected chi connectivity index (χ0v) is 10.7. The third-order valence-electron chi connectivity index (χ3n) is 2.29. The fourth-order valence-electron chi connectivity index (χ4n) is 1.48. The van der Waals surface area contributed by atoms with Crippen LogP contribution in [-0.2, 0) is 0 Å². The average molecular weight is 303 g/mol. The van der Waals surface area contributed by atoms with Gasteiger partial charge in [0.15, 0.2) is 0 Å². The van der Waals surface area contributed by atoms with Gasteiger partial charge < -0.3 is 4.52 Å². The van der Waals surface area contributed by atoms with Crippen LogP contribution in [0.3, 0.4) is 0 Å². The summed E-state index contributed by atoms with van der Waals surface area (Å²) in [5, 5.41) is 3.93. The standard InChI is InChI=1S/C12H7BrN4O/c13-9-3-1-2-8(6-9)11-16-12(18-17-11)10-7-14-4-5-15-10/h1-7H. The van der Waals surface area contributed by atoms with Gasteiger partial charge in [-0.25, -0.2) is 4.98 Å². The van der Waals surface area contributed by atoms with E-state index in [4.69, 9.17) is 4.52 Å². The van der Waals surface area contributed by atoms with Gasteiger partial charge in [-0.2, -0.15) is 4.98 Å². The Bertz CT molecular complexity index is 669. The van der Waals surface area contributed by atoms with Crippen LogP contribution in [0.2, 0.25) is 0 Å². The van der Waals surface area contributed by atoms with E-state index in [-0.39, 0.29) is 0 Å². The molecule has 0 amide bonds. The maximum atomic E-state index is 5.17. The second kappa shape index (κ2) is 4.66. The molecule has 6 heteroatoms. The smallest absolute Gasteiger partial charge is 0.278 e. The summed E-state index contributed by atoms with van der Waals surface area (Å²) in [5.41, 5.74) is 1.44. The van der Waals surface area contributed by atoms with Crippen LogP contribution in [-0.4, -0.2) is 20.1 Å². The molecule has 0 unspecified atom stereocenters. The summed E-state index contributed by atoms with van der Waals surface area (Å²) in [4.78, 5) is 12.4. The van der Waals surface area contributed by atoms with Crippen LogP contribution < -0.4 is 0 Å². The number of hydrogen-bond acceptors (Lipinski definition) is 5. The van der Waals surface area contributed by atoms with Crippen molar-refractivity contribution in [2.24, 2.45) is 0 Å². The van der Waals surface area contributed by atoms with E-state index >= 15 is 0 Å². The summed E-state index contributed by atoms with van der Waals surface area (Å²) in [5.74, 6) is 0.884. The van der Waals surface area contributed by atoms with Gasteiger partial charge in [0.2, 0.25) is 5.82 Å². The summed E-state index contributed by atoms with van der Waals surface area (Å²) >= 11 is 3.40. The van der Waals surface area contributed by atoms with Crippen molar-refractivity contribution in [2.45, 2.75) is 0 Å². The lowest BCUT2D eigenvalue weighted by Gasteiger charge is -1.94. The highest BCUT2D eigenvalue weighted by Crippen LogP contribution is 2.22. The van der Waals surface area contributed by atoms with Crippen molar-refractivity contribution in [1.29, 1.82) is 0 Å². The molecule has 0 saturated carbocycles. The van der Waals surface area contributed by atoms with Crippen LogP contribution in [0.25, 0.3) is 23.0 Å². The van der Waals surface area contributed by atoms with Crippen LogP contribution in [0.15, 0.2) is 51.9 Å². The summed E-state index contributed by atoms with van der Waals surface area (Å²) < 4.78 is 6.13. The summed E-state index contributed by atoms with van der Waals surface area (Å²) in [6.45, 7) is 0. The molecule has 1 aromatic carbocycles. The Kier molecular flexibility index (Phi) is 2.85. The largest absolute Gasteiger partial charge is 0.332 e. The first kappa shape index (κ1) is 11.0. The van der Waals surface area contributed by atoms with Gasteiger partial charge in [0, 0.05) is 22.4 Å². The molecule has 18 heavy (non-hydrogen) atoms. The number of aromatic nitrogens is 4. The Balaban J connectivity index is 2.00. The van der Waals surface area contributed by atoms with E-state index in [9.17, 15) is 0 Å². The quantitative estimate of drug-likeness (QED) is 0.728. The highest BCUT2D eigenvalue weighted by molar-refractivity contribution is 9.10. The minimum atomic E-state index is 0.359. The lowest BCUT2D eigenvalue weighted by atomic mass is 10.2. The predicted molar refractivity (Wildman–Crippen MR) is 68.5 cm³/mol. The van der Waals surface area contributed by atoms with Crippen molar-refractivity contribution >= 4 is 15.9 Å². The van der Waals surface area contributed by atoms with Gasteiger partial charge in [-0.1, -0.05) is 33.2 Å². The first-order valence-corrected chi connectivity index (χ1v) is 5.98. The lowest BCUT2D eigenvalue weighted by Crippen LogP contribution is -1.84. The molecule has 0 bridgehead atoms. The molecule has 0 spiro atoms. The molecule has 0 radical (unpaired) electrons. The van der Waals surface area contributed by atoms with Crippen molar-refractivity contribution in [3.63, 3.8) is 0 Å². The van der Waals surface area contributed by atoms with Crippen LogP contribution in [0.1, 0.15) is 0 Å². The minimum Gasteiger partial charge on any atom is -0.332 e. The third kappa shape index (κ3) is 2.14. The first-order valence-electron chi connectivity index (χ1n) is 5.19. The second-order valence-corrected chi connectivity index (χ2v) is 4.44. The summed E-state index contributed by atoms with van der Waals surface area (Å²) in [7, 11) is 0. The second-order valence-electron chi connectivity index (χ2n) is 3.52. The third-order valence-corrected chi connectivity index (χ3v) is 2.78. The van der Waals surface area contributed by atoms with E-state index in [0.717, 1.165) is 10.0 Å². The molecule has 0 atom stereocenters. The molecule has 2 aromatic heterocycles. The molecule has 0 aliphatic heterocycles. The highest BCUT2D eigenvalue weighted by Gasteiger charge is 2.11. The van der Waals surface area contributed by atoms with Crippen molar-refractivity contribution in [2.75, 3.05) is 0 Å². The number of nitrogens with zero attached hydrogens (tertiary/aromatic N) is 4. The number of hydrogen-bond donors (Lipinski definition) is 0. The number of benzene rings is 1. The van der Waals surface area contributed by atoms with Gasteiger partial charge in [0.1, 0.15) is 5.69 Å². The predicted octanol–water partition coefficient (Wildman–Crippen LogP) is 2.96. The Hall–Kier alpha value is -2.08. The van der Waals surface area contributed by atoms with Crippen LogP contribution in [0, 0.1) is 0 Å². The zero-order valence-electron chi connectivity index (χ0n) is 9.12. The van der Waals surface area contributed by atoms with Gasteiger partial charge in [0.05, 0.1) is 6.20 Å². The van der Waals surface area contributed by atoms with E-state index in [1.807, 2.05) is 24.3 Å². The van der Waals surface area contributed by atoms with Gasteiger partial charge in [-0.15, -0.1) is 0 Å². The molecule has 0 fully saturated rings. The Morgan fingerprint density at radius 3 is 2.89 bits per heavy atom. The van der Waals surface area contributed by atoms with Crippen molar-refractivity contribution < 1.29 is 4.52 Å². The molecule has 3 rings (SSSR count). The molecule has 5 nitrogen and oxygen atoms in total. The van der Waals surface area contributed by atoms with Crippen LogP contribution in [0.5, 0.6) is 0 Å². The Morgan fingerprint density at radius 2 is 2.11 bits per heavy atom. The van der Waals surface area contributed by atoms with Crippen LogP contribution >= 0.6 is 15.9 Å². The first-order chi connectivity index (χ1) is 8.83. The molecule has 2 heterocycles. The van der Waals surface area contributed by atoms with Crippen molar-refractivity contribution in [3.05, 3.63) is 47.3 Å². The van der Waals surface area contributed by atoms with Crippen molar-refractivity contribution in [3.8, 4) is 23.0 Å². The van der Waals surface area contributed by atoms with E-state index in [1.165, 1.54) is 0 Å². The Morgan fingerprint density at radius 1 is 1.17 bits per heavy atom. The average Bonchev–Trinajstić information content (AvgIpc) is 2.89. The maximum Gasteiger partial charge on any atom is 0.278 e. The molecule has 0 saturated heterocycles. The molecule has 88 valence electrons. The minimum absolute atomic E-state index is 0.359. The highest BCUT2D eigenvalue weighted by atomic mass is 79.9. The molecule has 0 aliphatic carbocycles. The molecule has 0 N–H and O–H groups in total. The van der Waals surface area contributed by atoms with E-state index in [2.05, 4.69) is 36.0 Å². The zero-order chi connectivity index (χ0) is 12.4. The maximum absolute atomic E-state index is 5.17. The fourth-order valence-corrected chi connectivity index (χ4v) is 1.88. The molecule has 0 aliphatic rings.